The van der Waals surface area contributed by atoms with Gasteiger partial charge in [-0.3, -0.25) is 4.79 Å². The van der Waals surface area contributed by atoms with Crippen molar-refractivity contribution in [2.45, 2.75) is 65.3 Å². The monoisotopic (exact) mass is 540 g/mol. The van der Waals surface area contributed by atoms with E-state index in [9.17, 15) is 14.4 Å². The van der Waals surface area contributed by atoms with Crippen LogP contribution in [0.15, 0.2) is 46.9 Å². The Labute approximate surface area is 227 Å². The molecule has 1 atom stereocenters. The summed E-state index contributed by atoms with van der Waals surface area (Å²) in [6.45, 7) is 5.32. The largest absolute Gasteiger partial charge is 0.482 e. The highest BCUT2D eigenvalue weighted by Crippen LogP contribution is 2.28. The van der Waals surface area contributed by atoms with Crippen LogP contribution in [0.2, 0.25) is 0 Å². The highest BCUT2D eigenvalue weighted by Gasteiger charge is 2.25. The fraction of sp³-hybridized carbons (Fsp3) is 0.448. The average molecular weight is 541 g/mol. The van der Waals surface area contributed by atoms with Crippen LogP contribution in [-0.2, 0) is 25.5 Å². The summed E-state index contributed by atoms with van der Waals surface area (Å²) >= 11 is 1.48. The quantitative estimate of drug-likeness (QED) is 0.208. The molecule has 1 amide bonds. The summed E-state index contributed by atoms with van der Waals surface area (Å²) in [5, 5.41) is 14.8. The van der Waals surface area contributed by atoms with Crippen molar-refractivity contribution in [3.05, 3.63) is 63.1 Å². The van der Waals surface area contributed by atoms with Crippen molar-refractivity contribution < 1.29 is 29.0 Å². The molecule has 0 saturated heterocycles. The number of nitrogens with zero attached hydrogens (tertiary/aromatic N) is 1. The molecular weight excluding hydrogens is 504 g/mol. The summed E-state index contributed by atoms with van der Waals surface area (Å²) in [4.78, 5) is 40.6. The van der Waals surface area contributed by atoms with Gasteiger partial charge in [0.25, 0.3) is 0 Å². The Bertz CT molecular complexity index is 1160. The number of carboxylic acid groups (broad SMARTS) is 1. The van der Waals surface area contributed by atoms with E-state index in [0.717, 1.165) is 47.5 Å². The van der Waals surface area contributed by atoms with Gasteiger partial charge in [0.1, 0.15) is 10.8 Å². The Balaban J connectivity index is 1.78. The molecule has 1 aliphatic carbocycles. The van der Waals surface area contributed by atoms with Crippen molar-refractivity contribution in [3.8, 4) is 5.75 Å². The van der Waals surface area contributed by atoms with E-state index in [1.54, 1.807) is 32.1 Å². The Kier molecular flexibility index (Phi) is 11.1. The number of rotatable bonds is 12. The third-order valence-corrected chi connectivity index (χ3v) is 7.25. The molecule has 1 fully saturated rings. The van der Waals surface area contributed by atoms with Crippen molar-refractivity contribution in [1.82, 2.24) is 10.3 Å². The minimum atomic E-state index is -1.03. The molecule has 9 heteroatoms. The number of hydrogen-bond acceptors (Lipinski definition) is 7. The Morgan fingerprint density at radius 1 is 1.16 bits per heavy atom. The van der Waals surface area contributed by atoms with E-state index >= 15 is 0 Å². The van der Waals surface area contributed by atoms with E-state index in [-0.39, 0.29) is 23.8 Å². The second kappa shape index (κ2) is 14.5. The number of aromatic nitrogens is 1. The van der Waals surface area contributed by atoms with Gasteiger partial charge in [-0.05, 0) is 75.5 Å². The van der Waals surface area contributed by atoms with Gasteiger partial charge in [-0.2, -0.15) is 0 Å². The minimum Gasteiger partial charge on any atom is -0.482 e. The molecule has 1 aromatic heterocycles. The SMILES string of the molecule is CCOC(=O)/C(C)=C\C(C)=C\c1csc([C@H](Cc2ccc(OCC(=O)O)cc2)NC(=O)C2CCCCC2)n1. The number of carbonyl (C=O) groups excluding carboxylic acids is 2. The van der Waals surface area contributed by atoms with Crippen LogP contribution in [0.1, 0.15) is 75.2 Å². The van der Waals surface area contributed by atoms with Gasteiger partial charge >= 0.3 is 11.9 Å². The van der Waals surface area contributed by atoms with Gasteiger partial charge in [-0.25, -0.2) is 14.6 Å². The highest BCUT2D eigenvalue weighted by molar-refractivity contribution is 7.09. The highest BCUT2D eigenvalue weighted by atomic mass is 32.1. The van der Waals surface area contributed by atoms with Gasteiger partial charge in [0.05, 0.1) is 18.3 Å². The predicted octanol–water partition coefficient (Wildman–Crippen LogP) is 5.50. The van der Waals surface area contributed by atoms with Crippen molar-refractivity contribution in [3.63, 3.8) is 0 Å². The summed E-state index contributed by atoms with van der Waals surface area (Å²) in [6, 6.07) is 6.90. The third kappa shape index (κ3) is 9.13. The number of amides is 1. The van der Waals surface area contributed by atoms with E-state index in [0.29, 0.717) is 24.4 Å². The average Bonchev–Trinajstić information content (AvgIpc) is 3.36. The van der Waals surface area contributed by atoms with Crippen LogP contribution < -0.4 is 10.1 Å². The molecule has 0 spiro atoms. The number of aliphatic carboxylic acids is 1. The predicted molar refractivity (Wildman–Crippen MR) is 147 cm³/mol. The van der Waals surface area contributed by atoms with E-state index < -0.39 is 12.6 Å². The first-order valence-electron chi connectivity index (χ1n) is 13.0. The van der Waals surface area contributed by atoms with Gasteiger partial charge in [-0.1, -0.05) is 31.4 Å². The van der Waals surface area contributed by atoms with Crippen LogP contribution in [0.4, 0.5) is 0 Å². The summed E-state index contributed by atoms with van der Waals surface area (Å²) < 4.78 is 10.3. The fourth-order valence-corrected chi connectivity index (χ4v) is 5.23. The molecule has 0 bridgehead atoms. The first-order valence-corrected chi connectivity index (χ1v) is 13.9. The summed E-state index contributed by atoms with van der Waals surface area (Å²) in [7, 11) is 0. The van der Waals surface area contributed by atoms with Gasteiger partial charge in [0, 0.05) is 16.9 Å². The maximum Gasteiger partial charge on any atom is 0.341 e. The van der Waals surface area contributed by atoms with Crippen molar-refractivity contribution in [1.29, 1.82) is 0 Å². The molecule has 0 radical (unpaired) electrons. The first-order chi connectivity index (χ1) is 18.2. The van der Waals surface area contributed by atoms with E-state index in [4.69, 9.17) is 19.6 Å². The zero-order valence-corrected chi connectivity index (χ0v) is 23.0. The lowest BCUT2D eigenvalue weighted by atomic mass is 9.88. The number of carboxylic acids is 1. The molecule has 1 aromatic carbocycles. The number of benzene rings is 1. The number of hydrogen-bond donors (Lipinski definition) is 2. The summed E-state index contributed by atoms with van der Waals surface area (Å²) in [6.07, 6.45) is 9.35. The number of nitrogens with one attached hydrogen (secondary N) is 1. The topological polar surface area (TPSA) is 115 Å². The normalized spacial score (nSPS) is 15.6. The number of thiazole rings is 1. The molecule has 0 aliphatic heterocycles. The number of carbonyl (C=O) groups is 3. The molecule has 8 nitrogen and oxygen atoms in total. The molecule has 1 saturated carbocycles. The summed E-state index contributed by atoms with van der Waals surface area (Å²) in [5.41, 5.74) is 3.11. The van der Waals surface area contributed by atoms with Crippen LogP contribution in [0.5, 0.6) is 5.75 Å². The Morgan fingerprint density at radius 3 is 2.53 bits per heavy atom. The second-order valence-corrected chi connectivity index (χ2v) is 10.4. The second-order valence-electron chi connectivity index (χ2n) is 9.47. The molecule has 2 aromatic rings. The smallest absolute Gasteiger partial charge is 0.341 e. The zero-order chi connectivity index (χ0) is 27.5. The fourth-order valence-electron chi connectivity index (χ4n) is 4.40. The van der Waals surface area contributed by atoms with Gasteiger partial charge in [0.15, 0.2) is 6.61 Å². The van der Waals surface area contributed by atoms with Gasteiger partial charge in [0.2, 0.25) is 5.91 Å². The number of esters is 1. The maximum absolute atomic E-state index is 13.1. The van der Waals surface area contributed by atoms with Crippen molar-refractivity contribution >= 4 is 35.3 Å². The van der Waals surface area contributed by atoms with Crippen molar-refractivity contribution in [2.75, 3.05) is 13.2 Å². The molecule has 1 aliphatic rings. The van der Waals surface area contributed by atoms with Gasteiger partial charge in [-0.15, -0.1) is 11.3 Å². The Hall–Kier alpha value is -3.46. The van der Waals surface area contributed by atoms with Crippen LogP contribution in [0.25, 0.3) is 6.08 Å². The van der Waals surface area contributed by atoms with Crippen molar-refractivity contribution in [2.24, 2.45) is 5.92 Å². The van der Waals surface area contributed by atoms with E-state index in [1.165, 1.54) is 17.8 Å². The number of allylic oxidation sites excluding steroid dienone is 2. The van der Waals surface area contributed by atoms with Crippen LogP contribution >= 0.6 is 11.3 Å². The molecule has 38 heavy (non-hydrogen) atoms. The van der Waals surface area contributed by atoms with Crippen LogP contribution in [0.3, 0.4) is 0 Å². The summed E-state index contributed by atoms with van der Waals surface area (Å²) in [5.74, 6) is -0.815. The number of ether oxygens (including phenoxy) is 2. The van der Waals surface area contributed by atoms with Gasteiger partial charge < -0.3 is 19.9 Å². The lowest BCUT2D eigenvalue weighted by Crippen LogP contribution is -2.35. The third-order valence-electron chi connectivity index (χ3n) is 6.27. The molecular formula is C29H36N2O6S. The lowest BCUT2D eigenvalue weighted by molar-refractivity contribution is -0.139. The lowest BCUT2D eigenvalue weighted by Gasteiger charge is -2.24. The van der Waals surface area contributed by atoms with Crippen LogP contribution in [-0.4, -0.2) is 41.2 Å². The minimum absolute atomic E-state index is 0.0237. The maximum atomic E-state index is 13.1. The Morgan fingerprint density at radius 2 is 1.87 bits per heavy atom. The van der Waals surface area contributed by atoms with Crippen LogP contribution in [0, 0.1) is 5.92 Å². The molecule has 3 rings (SSSR count). The first kappa shape index (κ1) is 29.1. The van der Waals surface area contributed by atoms with E-state index in [1.807, 2.05) is 30.5 Å². The van der Waals surface area contributed by atoms with E-state index in [2.05, 4.69) is 5.32 Å². The zero-order valence-electron chi connectivity index (χ0n) is 22.2. The standard InChI is InChI=1S/C29H36N2O6S/c1-4-36-29(35)20(3)14-19(2)15-23-18-38-28(30-23)25(31-27(34)22-8-6-5-7-9-22)16-21-10-12-24(13-11-21)37-17-26(32)33/h10-15,18,22,25H,4-9,16-17H2,1-3H3,(H,31,34)(H,32,33)/b19-15+,20-14-/t25-/m0/s1. The molecule has 1 heterocycles. The molecule has 0 unspecified atom stereocenters. The molecule has 2 N–H and O–H groups in total. The molecule has 204 valence electrons.